The molecule has 0 bridgehead atoms. The second-order valence-corrected chi connectivity index (χ2v) is 8.39. The van der Waals surface area contributed by atoms with E-state index in [4.69, 9.17) is 0 Å². The highest BCUT2D eigenvalue weighted by molar-refractivity contribution is 5.83. The Morgan fingerprint density at radius 1 is 1.36 bits per heavy atom. The summed E-state index contributed by atoms with van der Waals surface area (Å²) in [5.41, 5.74) is 2.46. The predicted molar refractivity (Wildman–Crippen MR) is 104 cm³/mol. The highest BCUT2D eigenvalue weighted by atomic mass is 19.1. The molecule has 1 aliphatic heterocycles. The summed E-state index contributed by atoms with van der Waals surface area (Å²) in [6.45, 7) is 7.27. The molecule has 1 aromatic heterocycles. The fourth-order valence-corrected chi connectivity index (χ4v) is 3.30. The van der Waals surface area contributed by atoms with E-state index in [2.05, 4.69) is 36.3 Å². The molecule has 1 atom stereocenters. The van der Waals surface area contributed by atoms with Crippen molar-refractivity contribution >= 4 is 11.8 Å². The molecule has 1 saturated heterocycles. The lowest BCUT2D eigenvalue weighted by atomic mass is 9.92. The van der Waals surface area contributed by atoms with Crippen LogP contribution in [-0.4, -0.2) is 33.5 Å². The Morgan fingerprint density at radius 3 is 2.82 bits per heavy atom. The molecule has 2 amide bonds. The van der Waals surface area contributed by atoms with E-state index in [0.717, 1.165) is 17.0 Å². The number of hydrogen-bond donors (Lipinski definition) is 2. The van der Waals surface area contributed by atoms with Crippen LogP contribution in [0.2, 0.25) is 0 Å². The molecule has 2 N–H and O–H groups in total. The summed E-state index contributed by atoms with van der Waals surface area (Å²) in [7, 11) is 0. The van der Waals surface area contributed by atoms with E-state index in [1.807, 2.05) is 6.07 Å². The molecule has 150 valence electrons. The first kappa shape index (κ1) is 20.0. The largest absolute Gasteiger partial charge is 0.350 e. The van der Waals surface area contributed by atoms with Gasteiger partial charge in [-0.05, 0) is 30.2 Å². The van der Waals surface area contributed by atoms with Crippen LogP contribution in [0.4, 0.5) is 4.39 Å². The van der Waals surface area contributed by atoms with E-state index in [-0.39, 0.29) is 29.0 Å². The number of hydrogen-bond acceptors (Lipinski definition) is 3. The van der Waals surface area contributed by atoms with Gasteiger partial charge < -0.3 is 10.2 Å². The number of halogens is 1. The third kappa shape index (κ3) is 4.97. The average Bonchev–Trinajstić information content (AvgIpc) is 3.11. The number of H-pyrrole nitrogens is 1. The molecule has 2 aromatic rings. The number of nitrogens with one attached hydrogen (secondary N) is 2. The van der Waals surface area contributed by atoms with Crippen molar-refractivity contribution in [2.24, 2.45) is 5.92 Å². The first-order valence-electron chi connectivity index (χ1n) is 9.57. The van der Waals surface area contributed by atoms with Crippen molar-refractivity contribution in [3.63, 3.8) is 0 Å². The van der Waals surface area contributed by atoms with E-state index in [1.54, 1.807) is 17.0 Å². The Morgan fingerprint density at radius 2 is 2.14 bits per heavy atom. The van der Waals surface area contributed by atoms with Gasteiger partial charge in [-0.1, -0.05) is 32.9 Å². The number of likely N-dealkylation sites (tertiary alicyclic amines) is 1. The van der Waals surface area contributed by atoms with Crippen LogP contribution >= 0.6 is 0 Å². The topological polar surface area (TPSA) is 78.1 Å². The van der Waals surface area contributed by atoms with Crippen molar-refractivity contribution in [1.29, 1.82) is 0 Å². The molecule has 3 rings (SSSR count). The maximum atomic E-state index is 13.4. The fourth-order valence-electron chi connectivity index (χ4n) is 3.30. The molecule has 28 heavy (non-hydrogen) atoms. The Balaban J connectivity index is 1.56. The van der Waals surface area contributed by atoms with Gasteiger partial charge in [0.25, 0.3) is 0 Å². The zero-order chi connectivity index (χ0) is 20.3. The van der Waals surface area contributed by atoms with E-state index in [0.29, 0.717) is 32.5 Å². The molecule has 6 nitrogen and oxygen atoms in total. The first-order valence-corrected chi connectivity index (χ1v) is 9.57. The molecular formula is C21H27FN4O2. The van der Waals surface area contributed by atoms with Crippen LogP contribution in [0.5, 0.6) is 0 Å². The van der Waals surface area contributed by atoms with Gasteiger partial charge in [0, 0.05) is 24.9 Å². The molecule has 0 saturated carbocycles. The lowest BCUT2D eigenvalue weighted by Crippen LogP contribution is -2.45. The molecular weight excluding hydrogens is 359 g/mol. The average molecular weight is 386 g/mol. The molecule has 2 heterocycles. The summed E-state index contributed by atoms with van der Waals surface area (Å²) >= 11 is 0. The van der Waals surface area contributed by atoms with Gasteiger partial charge in [0.1, 0.15) is 5.82 Å². The van der Waals surface area contributed by atoms with Crippen LogP contribution in [0.15, 0.2) is 30.3 Å². The monoisotopic (exact) mass is 386 g/mol. The molecule has 0 radical (unpaired) electrons. The normalized spacial score (nSPS) is 17.6. The Bertz CT molecular complexity index is 856. The second-order valence-electron chi connectivity index (χ2n) is 8.39. The number of nitrogens with zero attached hydrogens (tertiary/aromatic N) is 2. The summed E-state index contributed by atoms with van der Waals surface area (Å²) in [6, 6.07) is 8.16. The minimum absolute atomic E-state index is 0.00306. The second kappa shape index (κ2) is 8.12. The molecule has 1 aliphatic rings. The number of aromatic nitrogens is 2. The Hall–Kier alpha value is -2.70. The first-order chi connectivity index (χ1) is 13.2. The lowest BCUT2D eigenvalue weighted by Gasteiger charge is -2.32. The number of carbonyl (C=O) groups excluding carboxylic acids is 2. The number of carbonyl (C=O) groups is 2. The smallest absolute Gasteiger partial charge is 0.225 e. The molecule has 7 heteroatoms. The van der Waals surface area contributed by atoms with Crippen molar-refractivity contribution in [2.45, 2.75) is 52.1 Å². The third-order valence-corrected chi connectivity index (χ3v) is 4.99. The van der Waals surface area contributed by atoms with Gasteiger partial charge in [0.2, 0.25) is 11.8 Å². The van der Waals surface area contributed by atoms with Gasteiger partial charge in [0.05, 0.1) is 23.9 Å². The third-order valence-electron chi connectivity index (χ3n) is 4.99. The highest BCUT2D eigenvalue weighted by Gasteiger charge is 2.30. The van der Waals surface area contributed by atoms with E-state index in [1.165, 1.54) is 12.1 Å². The zero-order valence-electron chi connectivity index (χ0n) is 16.6. The van der Waals surface area contributed by atoms with Crippen molar-refractivity contribution in [3.8, 4) is 0 Å². The van der Waals surface area contributed by atoms with Crippen molar-refractivity contribution < 1.29 is 14.0 Å². The molecule has 0 aliphatic carbocycles. The van der Waals surface area contributed by atoms with Gasteiger partial charge in [-0.3, -0.25) is 14.7 Å². The maximum Gasteiger partial charge on any atom is 0.225 e. The Kier molecular flexibility index (Phi) is 5.82. The minimum Gasteiger partial charge on any atom is -0.350 e. The zero-order valence-corrected chi connectivity index (χ0v) is 16.6. The van der Waals surface area contributed by atoms with Gasteiger partial charge in [-0.25, -0.2) is 4.39 Å². The summed E-state index contributed by atoms with van der Waals surface area (Å²) in [5.74, 6) is -0.679. The maximum absolute atomic E-state index is 13.4. The van der Waals surface area contributed by atoms with Crippen molar-refractivity contribution in [2.75, 3.05) is 6.54 Å². The summed E-state index contributed by atoms with van der Waals surface area (Å²) in [5, 5.41) is 10.2. The van der Waals surface area contributed by atoms with Crippen LogP contribution in [0.3, 0.4) is 0 Å². The minimum atomic E-state index is -0.328. The van der Waals surface area contributed by atoms with Gasteiger partial charge in [-0.2, -0.15) is 5.10 Å². The molecule has 1 fully saturated rings. The van der Waals surface area contributed by atoms with Crippen LogP contribution in [-0.2, 0) is 28.1 Å². The fraction of sp³-hybridized carbons (Fsp3) is 0.476. The molecule has 0 spiro atoms. The molecule has 0 unspecified atom stereocenters. The van der Waals surface area contributed by atoms with Crippen LogP contribution < -0.4 is 5.32 Å². The van der Waals surface area contributed by atoms with Gasteiger partial charge in [-0.15, -0.1) is 0 Å². The van der Waals surface area contributed by atoms with Crippen LogP contribution in [0, 0.1) is 11.7 Å². The van der Waals surface area contributed by atoms with E-state index < -0.39 is 0 Å². The van der Waals surface area contributed by atoms with Crippen LogP contribution in [0.1, 0.15) is 50.6 Å². The van der Waals surface area contributed by atoms with Crippen molar-refractivity contribution in [3.05, 3.63) is 53.1 Å². The predicted octanol–water partition coefficient (Wildman–Crippen LogP) is 2.90. The van der Waals surface area contributed by atoms with E-state index >= 15 is 0 Å². The van der Waals surface area contributed by atoms with Gasteiger partial charge in [0.15, 0.2) is 0 Å². The van der Waals surface area contributed by atoms with E-state index in [9.17, 15) is 14.0 Å². The number of aromatic amines is 1. The van der Waals surface area contributed by atoms with Crippen LogP contribution in [0.25, 0.3) is 0 Å². The summed E-state index contributed by atoms with van der Waals surface area (Å²) in [4.78, 5) is 26.4. The summed E-state index contributed by atoms with van der Waals surface area (Å²) < 4.78 is 13.4. The standard InChI is InChI=1S/C21H27FN4O2/c1-21(2,3)18-10-17(24-25-18)11-23-20(28)15-7-8-19(27)26(13-15)12-14-5-4-6-16(22)9-14/h4-6,9-10,15H,7-8,11-13H2,1-3H3,(H,23,28)(H,24,25)/t15-/m1/s1. The SMILES string of the molecule is CC(C)(C)c1cc(CNC(=O)[C@@H]2CCC(=O)N(Cc3cccc(F)c3)C2)[nH]n1. The van der Waals surface area contributed by atoms with Gasteiger partial charge >= 0.3 is 0 Å². The summed E-state index contributed by atoms with van der Waals surface area (Å²) in [6.07, 6.45) is 0.853. The van der Waals surface area contributed by atoms with Crippen molar-refractivity contribution in [1.82, 2.24) is 20.4 Å². The Labute approximate surface area is 164 Å². The quantitative estimate of drug-likeness (QED) is 0.829. The highest BCUT2D eigenvalue weighted by Crippen LogP contribution is 2.22. The number of benzene rings is 1. The number of rotatable bonds is 5. The number of amides is 2. The lowest BCUT2D eigenvalue weighted by molar-refractivity contribution is -0.139. The number of piperidine rings is 1. The molecule has 1 aromatic carbocycles.